The summed E-state index contributed by atoms with van der Waals surface area (Å²) < 4.78 is 40.1. The minimum atomic E-state index is -4.35. The van der Waals surface area contributed by atoms with Crippen LogP contribution in [0.2, 0.25) is 0 Å². The number of amides is 1. The lowest BCUT2D eigenvalue weighted by atomic mass is 9.93. The zero-order valence-corrected chi connectivity index (χ0v) is 12.4. The van der Waals surface area contributed by atoms with Crippen molar-refractivity contribution < 1.29 is 22.7 Å². The summed E-state index contributed by atoms with van der Waals surface area (Å²) in [6.07, 6.45) is -3.61. The highest BCUT2D eigenvalue weighted by Gasteiger charge is 2.28. The number of halogens is 3. The Morgan fingerprint density at radius 1 is 1.30 bits per heavy atom. The standard InChI is InChI=1S/C13H25F3N2O2/c1-4-6-18(9-12(2,3)8-17)11(19)5-7-20-10-13(14,15)16/h4-10,17H2,1-3H3. The van der Waals surface area contributed by atoms with E-state index in [1.54, 1.807) is 4.90 Å². The lowest BCUT2D eigenvalue weighted by Crippen LogP contribution is -2.42. The van der Waals surface area contributed by atoms with Gasteiger partial charge < -0.3 is 15.4 Å². The van der Waals surface area contributed by atoms with E-state index < -0.39 is 12.8 Å². The van der Waals surface area contributed by atoms with Crippen molar-refractivity contribution in [2.24, 2.45) is 11.1 Å². The Bertz CT molecular complexity index is 294. The van der Waals surface area contributed by atoms with Crippen LogP contribution in [0.1, 0.15) is 33.6 Å². The van der Waals surface area contributed by atoms with Gasteiger partial charge in [-0.15, -0.1) is 0 Å². The average molecular weight is 298 g/mol. The molecule has 0 aliphatic rings. The fraction of sp³-hybridized carbons (Fsp3) is 0.923. The number of rotatable bonds is 9. The topological polar surface area (TPSA) is 55.6 Å². The molecule has 0 radical (unpaired) electrons. The lowest BCUT2D eigenvalue weighted by Gasteiger charge is -2.31. The van der Waals surface area contributed by atoms with Crippen molar-refractivity contribution in [3.63, 3.8) is 0 Å². The van der Waals surface area contributed by atoms with Gasteiger partial charge in [-0.3, -0.25) is 4.79 Å². The fourth-order valence-electron chi connectivity index (χ4n) is 1.65. The molecule has 120 valence electrons. The van der Waals surface area contributed by atoms with E-state index >= 15 is 0 Å². The number of nitrogens with zero attached hydrogens (tertiary/aromatic N) is 1. The summed E-state index contributed by atoms with van der Waals surface area (Å²) in [6.45, 7) is 5.80. The van der Waals surface area contributed by atoms with Crippen LogP contribution in [-0.4, -0.2) is 49.8 Å². The number of alkyl halides is 3. The third-order valence-corrected chi connectivity index (χ3v) is 2.74. The van der Waals surface area contributed by atoms with Gasteiger partial charge in [-0.25, -0.2) is 0 Å². The molecule has 1 amide bonds. The fourth-order valence-corrected chi connectivity index (χ4v) is 1.65. The van der Waals surface area contributed by atoms with E-state index in [1.807, 2.05) is 20.8 Å². The molecular formula is C13H25F3N2O2. The smallest absolute Gasteiger partial charge is 0.372 e. The van der Waals surface area contributed by atoms with Crippen molar-refractivity contribution >= 4 is 5.91 Å². The van der Waals surface area contributed by atoms with Crippen LogP contribution in [0.25, 0.3) is 0 Å². The molecule has 0 aromatic carbocycles. The Kier molecular flexibility index (Phi) is 8.12. The van der Waals surface area contributed by atoms with Crippen LogP contribution in [0, 0.1) is 5.41 Å². The summed E-state index contributed by atoms with van der Waals surface area (Å²) in [5.74, 6) is -0.199. The van der Waals surface area contributed by atoms with E-state index in [4.69, 9.17) is 5.73 Å². The summed E-state index contributed by atoms with van der Waals surface area (Å²) in [5.41, 5.74) is 5.42. The predicted molar refractivity (Wildman–Crippen MR) is 71.2 cm³/mol. The van der Waals surface area contributed by atoms with Crippen molar-refractivity contribution in [3.05, 3.63) is 0 Å². The maximum Gasteiger partial charge on any atom is 0.411 e. The first-order valence-corrected chi connectivity index (χ1v) is 6.73. The Hall–Kier alpha value is -0.820. The molecule has 2 N–H and O–H groups in total. The number of hydrogen-bond acceptors (Lipinski definition) is 3. The van der Waals surface area contributed by atoms with Gasteiger partial charge >= 0.3 is 6.18 Å². The maximum atomic E-state index is 12.0. The molecule has 0 spiro atoms. The molecule has 0 aliphatic heterocycles. The first-order chi connectivity index (χ1) is 9.11. The van der Waals surface area contributed by atoms with Gasteiger partial charge in [-0.1, -0.05) is 20.8 Å². The molecule has 7 heteroatoms. The highest BCUT2D eigenvalue weighted by atomic mass is 19.4. The molecule has 0 bridgehead atoms. The monoisotopic (exact) mass is 298 g/mol. The van der Waals surface area contributed by atoms with Crippen molar-refractivity contribution in [2.75, 3.05) is 32.8 Å². The SMILES string of the molecule is CCCN(CC(C)(C)CN)C(=O)CCOCC(F)(F)F. The Morgan fingerprint density at radius 3 is 2.35 bits per heavy atom. The minimum Gasteiger partial charge on any atom is -0.372 e. The Labute approximate surface area is 118 Å². The molecule has 0 fully saturated rings. The predicted octanol–water partition coefficient (Wildman–Crippen LogP) is 2.18. The van der Waals surface area contributed by atoms with Gasteiger partial charge in [0.1, 0.15) is 6.61 Å². The van der Waals surface area contributed by atoms with Gasteiger partial charge in [0.2, 0.25) is 5.91 Å². The van der Waals surface area contributed by atoms with Crippen LogP contribution in [0.15, 0.2) is 0 Å². The van der Waals surface area contributed by atoms with E-state index in [-0.39, 0.29) is 24.3 Å². The van der Waals surface area contributed by atoms with Crippen LogP contribution >= 0.6 is 0 Å². The first-order valence-electron chi connectivity index (χ1n) is 6.73. The number of hydrogen-bond donors (Lipinski definition) is 1. The largest absolute Gasteiger partial charge is 0.411 e. The van der Waals surface area contributed by atoms with Crippen molar-refractivity contribution in [1.82, 2.24) is 4.90 Å². The molecule has 0 saturated carbocycles. The number of carbonyl (C=O) groups excluding carboxylic acids is 1. The molecule has 0 heterocycles. The van der Waals surface area contributed by atoms with Crippen LogP contribution < -0.4 is 5.73 Å². The van der Waals surface area contributed by atoms with Crippen molar-refractivity contribution in [2.45, 2.75) is 39.8 Å². The van der Waals surface area contributed by atoms with Gasteiger partial charge in [0.25, 0.3) is 0 Å². The number of carbonyl (C=O) groups is 1. The normalized spacial score (nSPS) is 12.6. The van der Waals surface area contributed by atoms with E-state index in [2.05, 4.69) is 4.74 Å². The summed E-state index contributed by atoms with van der Waals surface area (Å²) in [4.78, 5) is 13.6. The van der Waals surface area contributed by atoms with Crippen LogP contribution in [0.4, 0.5) is 13.2 Å². The van der Waals surface area contributed by atoms with Gasteiger partial charge in [-0.2, -0.15) is 13.2 Å². The molecule has 0 saturated heterocycles. The highest BCUT2D eigenvalue weighted by molar-refractivity contribution is 5.76. The molecule has 20 heavy (non-hydrogen) atoms. The third-order valence-electron chi connectivity index (χ3n) is 2.74. The van der Waals surface area contributed by atoms with Gasteiger partial charge in [-0.05, 0) is 18.4 Å². The molecule has 4 nitrogen and oxygen atoms in total. The molecule has 0 atom stereocenters. The van der Waals surface area contributed by atoms with E-state index in [0.29, 0.717) is 19.6 Å². The molecule has 0 aromatic rings. The average Bonchev–Trinajstić information content (AvgIpc) is 2.32. The van der Waals surface area contributed by atoms with Gasteiger partial charge in [0, 0.05) is 13.1 Å². The van der Waals surface area contributed by atoms with Gasteiger partial charge in [0.15, 0.2) is 0 Å². The second-order valence-corrected chi connectivity index (χ2v) is 5.60. The summed E-state index contributed by atoms with van der Waals surface area (Å²) in [5, 5.41) is 0. The van der Waals surface area contributed by atoms with Crippen LogP contribution in [-0.2, 0) is 9.53 Å². The second kappa shape index (κ2) is 8.46. The van der Waals surface area contributed by atoms with Crippen LogP contribution in [0.3, 0.4) is 0 Å². The lowest BCUT2D eigenvalue weighted by molar-refractivity contribution is -0.175. The maximum absolute atomic E-state index is 12.0. The minimum absolute atomic E-state index is 0.0449. The molecular weight excluding hydrogens is 273 g/mol. The Balaban J connectivity index is 4.23. The summed E-state index contributed by atoms with van der Waals surface area (Å²) in [7, 11) is 0. The van der Waals surface area contributed by atoms with Gasteiger partial charge in [0.05, 0.1) is 13.0 Å². The zero-order chi connectivity index (χ0) is 15.8. The van der Waals surface area contributed by atoms with Crippen molar-refractivity contribution in [1.29, 1.82) is 0 Å². The second-order valence-electron chi connectivity index (χ2n) is 5.60. The van der Waals surface area contributed by atoms with E-state index in [0.717, 1.165) is 6.42 Å². The number of ether oxygens (including phenoxy) is 1. The first kappa shape index (κ1) is 19.2. The Morgan fingerprint density at radius 2 is 1.90 bits per heavy atom. The summed E-state index contributed by atoms with van der Waals surface area (Å²) >= 11 is 0. The highest BCUT2D eigenvalue weighted by Crippen LogP contribution is 2.17. The van der Waals surface area contributed by atoms with Crippen LogP contribution in [0.5, 0.6) is 0 Å². The zero-order valence-electron chi connectivity index (χ0n) is 12.4. The molecule has 0 aromatic heterocycles. The summed E-state index contributed by atoms with van der Waals surface area (Å²) in [6, 6.07) is 0. The quantitative estimate of drug-likeness (QED) is 0.664. The van der Waals surface area contributed by atoms with E-state index in [9.17, 15) is 18.0 Å². The number of nitrogens with two attached hydrogens (primary N) is 1. The molecule has 0 rings (SSSR count). The van der Waals surface area contributed by atoms with E-state index in [1.165, 1.54) is 0 Å². The molecule has 0 aliphatic carbocycles. The third kappa shape index (κ3) is 9.14. The van der Waals surface area contributed by atoms with Crippen molar-refractivity contribution in [3.8, 4) is 0 Å². The molecule has 0 unspecified atom stereocenters.